The molecule has 0 atom stereocenters. The molecule has 4 nitrogen and oxygen atoms in total. The highest BCUT2D eigenvalue weighted by molar-refractivity contribution is 5.92. The lowest BCUT2D eigenvalue weighted by Crippen LogP contribution is -2.41. The van der Waals surface area contributed by atoms with Crippen LogP contribution >= 0.6 is 0 Å². The van der Waals surface area contributed by atoms with Gasteiger partial charge in [0.15, 0.2) is 5.96 Å². The van der Waals surface area contributed by atoms with Crippen molar-refractivity contribution < 1.29 is 4.79 Å². The van der Waals surface area contributed by atoms with E-state index in [1.165, 1.54) is 6.42 Å². The number of nitrogens with zero attached hydrogens (tertiary/aromatic N) is 2. The van der Waals surface area contributed by atoms with E-state index >= 15 is 0 Å². The third-order valence-corrected chi connectivity index (χ3v) is 3.01. The van der Waals surface area contributed by atoms with E-state index in [4.69, 9.17) is 5.73 Å². The summed E-state index contributed by atoms with van der Waals surface area (Å²) in [6.45, 7) is 8.23. The van der Waals surface area contributed by atoms with Crippen LogP contribution in [-0.4, -0.2) is 29.9 Å². The Bertz CT molecular complexity index is 286. The van der Waals surface area contributed by atoms with E-state index in [9.17, 15) is 4.79 Å². The Hall–Kier alpha value is -1.06. The maximum Gasteiger partial charge on any atom is 0.248 e. The van der Waals surface area contributed by atoms with Gasteiger partial charge in [-0.25, -0.2) is 0 Å². The molecule has 0 spiro atoms. The maximum atomic E-state index is 11.6. The van der Waals surface area contributed by atoms with Gasteiger partial charge in [-0.3, -0.25) is 4.79 Å². The minimum Gasteiger partial charge on any atom is -0.369 e. The van der Waals surface area contributed by atoms with Crippen molar-refractivity contribution in [3.8, 4) is 0 Å². The zero-order valence-corrected chi connectivity index (χ0v) is 11.3. The summed E-state index contributed by atoms with van der Waals surface area (Å²) in [6, 6.07) is 0. The summed E-state index contributed by atoms with van der Waals surface area (Å²) in [7, 11) is 0. The summed E-state index contributed by atoms with van der Waals surface area (Å²) in [5.41, 5.74) is 6.02. The fraction of sp³-hybridized carbons (Fsp3) is 0.846. The highest BCUT2D eigenvalue weighted by atomic mass is 16.1. The molecule has 1 rings (SSSR count). The van der Waals surface area contributed by atoms with E-state index in [-0.39, 0.29) is 11.3 Å². The van der Waals surface area contributed by atoms with Gasteiger partial charge in [0.25, 0.3) is 0 Å². The molecule has 0 unspecified atom stereocenters. The molecule has 0 aromatic carbocycles. The number of nitrogens with two attached hydrogens (primary N) is 1. The van der Waals surface area contributed by atoms with E-state index in [1.807, 2.05) is 4.90 Å². The van der Waals surface area contributed by atoms with Gasteiger partial charge in [-0.1, -0.05) is 20.8 Å². The lowest BCUT2D eigenvalue weighted by molar-refractivity contribution is -0.118. The number of carbonyl (C=O) groups excluding carboxylic acids is 1. The van der Waals surface area contributed by atoms with Gasteiger partial charge < -0.3 is 10.6 Å². The second-order valence-electron chi connectivity index (χ2n) is 5.97. The van der Waals surface area contributed by atoms with Crippen LogP contribution in [0, 0.1) is 5.41 Å². The molecule has 1 fully saturated rings. The number of hydrogen-bond donors (Lipinski definition) is 1. The van der Waals surface area contributed by atoms with Gasteiger partial charge in [0, 0.05) is 19.5 Å². The van der Waals surface area contributed by atoms with Crippen LogP contribution < -0.4 is 5.73 Å². The van der Waals surface area contributed by atoms with E-state index in [2.05, 4.69) is 25.8 Å². The molecule has 0 saturated carbocycles. The van der Waals surface area contributed by atoms with Crippen LogP contribution in [0.4, 0.5) is 0 Å². The Morgan fingerprint density at radius 2 is 1.82 bits per heavy atom. The van der Waals surface area contributed by atoms with E-state index < -0.39 is 0 Å². The molecule has 1 aliphatic rings. The van der Waals surface area contributed by atoms with Crippen molar-refractivity contribution in [3.05, 3.63) is 0 Å². The first-order valence-corrected chi connectivity index (χ1v) is 6.50. The fourth-order valence-corrected chi connectivity index (χ4v) is 1.86. The summed E-state index contributed by atoms with van der Waals surface area (Å²) in [5.74, 6) is 0.312. The molecule has 0 bridgehead atoms. The SMILES string of the molecule is CC(C)(C)CCC(=O)N=C(N)N1CCCCC1. The van der Waals surface area contributed by atoms with Crippen molar-refractivity contribution in [2.75, 3.05) is 13.1 Å². The molecule has 0 aromatic rings. The Morgan fingerprint density at radius 3 is 2.35 bits per heavy atom. The topological polar surface area (TPSA) is 58.7 Å². The molecule has 0 radical (unpaired) electrons. The van der Waals surface area contributed by atoms with E-state index in [0.29, 0.717) is 12.4 Å². The minimum atomic E-state index is -0.0944. The largest absolute Gasteiger partial charge is 0.369 e. The molecule has 4 heteroatoms. The van der Waals surface area contributed by atoms with Gasteiger partial charge in [0.1, 0.15) is 0 Å². The van der Waals surface area contributed by atoms with Crippen LogP contribution in [0.2, 0.25) is 0 Å². The minimum absolute atomic E-state index is 0.0944. The molecule has 1 amide bonds. The number of likely N-dealkylation sites (tertiary alicyclic amines) is 1. The van der Waals surface area contributed by atoms with Crippen LogP contribution in [0.25, 0.3) is 0 Å². The van der Waals surface area contributed by atoms with Gasteiger partial charge in [0.05, 0.1) is 0 Å². The number of amides is 1. The Kier molecular flexibility index (Phi) is 4.97. The molecule has 0 aromatic heterocycles. The fourth-order valence-electron chi connectivity index (χ4n) is 1.86. The van der Waals surface area contributed by atoms with Crippen molar-refractivity contribution in [2.45, 2.75) is 52.9 Å². The molecule has 0 aliphatic carbocycles. The number of rotatable bonds is 2. The first-order chi connectivity index (χ1) is 7.88. The second-order valence-corrected chi connectivity index (χ2v) is 5.97. The molecule has 1 aliphatic heterocycles. The average Bonchev–Trinajstić information content (AvgIpc) is 2.27. The highest BCUT2D eigenvalue weighted by Gasteiger charge is 2.15. The van der Waals surface area contributed by atoms with Gasteiger partial charge in [-0.05, 0) is 31.1 Å². The number of carbonyl (C=O) groups is 1. The first kappa shape index (κ1) is 14.0. The summed E-state index contributed by atoms with van der Waals surface area (Å²) in [4.78, 5) is 17.6. The van der Waals surface area contributed by atoms with E-state index in [0.717, 1.165) is 32.4 Å². The average molecular weight is 239 g/mol. The van der Waals surface area contributed by atoms with Gasteiger partial charge in [-0.2, -0.15) is 4.99 Å². The summed E-state index contributed by atoms with van der Waals surface area (Å²) in [6.07, 6.45) is 4.88. The van der Waals surface area contributed by atoms with Crippen molar-refractivity contribution in [1.82, 2.24) is 4.90 Å². The van der Waals surface area contributed by atoms with Crippen molar-refractivity contribution in [1.29, 1.82) is 0 Å². The summed E-state index contributed by atoms with van der Waals surface area (Å²) < 4.78 is 0. The number of piperidine rings is 1. The normalized spacial score (nSPS) is 18.3. The summed E-state index contributed by atoms with van der Waals surface area (Å²) in [5, 5.41) is 0. The predicted molar refractivity (Wildman–Crippen MR) is 70.7 cm³/mol. The molecule has 17 heavy (non-hydrogen) atoms. The van der Waals surface area contributed by atoms with Crippen LogP contribution in [0.15, 0.2) is 4.99 Å². The quantitative estimate of drug-likeness (QED) is 0.593. The molecular formula is C13H25N3O. The highest BCUT2D eigenvalue weighted by Crippen LogP contribution is 2.20. The predicted octanol–water partition coefficient (Wildman–Crippen LogP) is 2.14. The summed E-state index contributed by atoms with van der Waals surface area (Å²) >= 11 is 0. The van der Waals surface area contributed by atoms with Crippen LogP contribution in [0.1, 0.15) is 52.9 Å². The number of guanidine groups is 1. The smallest absolute Gasteiger partial charge is 0.248 e. The molecule has 1 heterocycles. The number of aliphatic imine (C=N–C) groups is 1. The van der Waals surface area contributed by atoms with Crippen LogP contribution in [0.5, 0.6) is 0 Å². The van der Waals surface area contributed by atoms with Crippen molar-refractivity contribution in [3.63, 3.8) is 0 Å². The standard InChI is InChI=1S/C13H25N3O/c1-13(2,3)8-7-11(17)15-12(14)16-9-5-4-6-10-16/h4-10H2,1-3H3,(H2,14,15,17). The molecule has 98 valence electrons. The third-order valence-electron chi connectivity index (χ3n) is 3.01. The van der Waals surface area contributed by atoms with Gasteiger partial charge in [-0.15, -0.1) is 0 Å². The zero-order valence-electron chi connectivity index (χ0n) is 11.3. The maximum absolute atomic E-state index is 11.6. The van der Waals surface area contributed by atoms with Gasteiger partial charge >= 0.3 is 0 Å². The molecular weight excluding hydrogens is 214 g/mol. The number of hydrogen-bond acceptors (Lipinski definition) is 1. The van der Waals surface area contributed by atoms with Crippen LogP contribution in [-0.2, 0) is 4.79 Å². The zero-order chi connectivity index (χ0) is 12.9. The Labute approximate surface area is 104 Å². The lowest BCUT2D eigenvalue weighted by atomic mass is 9.90. The van der Waals surface area contributed by atoms with Crippen molar-refractivity contribution >= 4 is 11.9 Å². The molecule has 2 N–H and O–H groups in total. The van der Waals surface area contributed by atoms with E-state index in [1.54, 1.807) is 0 Å². The second kappa shape index (κ2) is 6.03. The first-order valence-electron chi connectivity index (χ1n) is 6.50. The third kappa shape index (κ3) is 5.71. The molecule has 1 saturated heterocycles. The Balaban J connectivity index is 2.41. The van der Waals surface area contributed by atoms with Crippen LogP contribution in [0.3, 0.4) is 0 Å². The van der Waals surface area contributed by atoms with Gasteiger partial charge in [0.2, 0.25) is 5.91 Å². The lowest BCUT2D eigenvalue weighted by Gasteiger charge is -2.27. The Morgan fingerprint density at radius 1 is 1.24 bits per heavy atom. The monoisotopic (exact) mass is 239 g/mol. The van der Waals surface area contributed by atoms with Crippen molar-refractivity contribution in [2.24, 2.45) is 16.1 Å².